The predicted molar refractivity (Wildman–Crippen MR) is 110 cm³/mol. The van der Waals surface area contributed by atoms with Crippen molar-refractivity contribution in [1.82, 2.24) is 14.7 Å². The molecule has 0 aliphatic carbocycles. The van der Waals surface area contributed by atoms with Gasteiger partial charge in [0, 0.05) is 51.0 Å². The summed E-state index contributed by atoms with van der Waals surface area (Å²) in [4.78, 5) is 10.6. The molecule has 3 heterocycles. The fourth-order valence-electron chi connectivity index (χ4n) is 4.94. The fourth-order valence-corrected chi connectivity index (χ4v) is 4.94. The van der Waals surface area contributed by atoms with Gasteiger partial charge in [0.25, 0.3) is 0 Å². The zero-order valence-corrected chi connectivity index (χ0v) is 16.7. The normalized spacial score (nSPS) is 26.0. The Morgan fingerprint density at radius 2 is 1.50 bits per heavy atom. The van der Waals surface area contributed by atoms with E-state index in [1.165, 1.54) is 70.9 Å². The highest BCUT2D eigenvalue weighted by Crippen LogP contribution is 2.41. The largest absolute Gasteiger partial charge is 0.369 e. The first kappa shape index (κ1) is 18.3. The molecule has 0 radical (unpaired) electrons. The number of hydrogen-bond donors (Lipinski definition) is 0. The van der Waals surface area contributed by atoms with Gasteiger partial charge < -0.3 is 4.90 Å². The van der Waals surface area contributed by atoms with Crippen LogP contribution < -0.4 is 4.90 Å². The highest BCUT2D eigenvalue weighted by molar-refractivity contribution is 5.46. The maximum atomic E-state index is 2.70. The highest BCUT2D eigenvalue weighted by Gasteiger charge is 2.45. The van der Waals surface area contributed by atoms with Crippen molar-refractivity contribution in [3.63, 3.8) is 0 Å². The second-order valence-electron chi connectivity index (χ2n) is 8.86. The van der Waals surface area contributed by atoms with Crippen LogP contribution in [0.5, 0.6) is 0 Å². The van der Waals surface area contributed by atoms with E-state index in [4.69, 9.17) is 0 Å². The topological polar surface area (TPSA) is 13.0 Å². The molecule has 3 aliphatic heterocycles. The molecule has 0 aromatic heterocycles. The second kappa shape index (κ2) is 7.87. The van der Waals surface area contributed by atoms with Gasteiger partial charge in [0.15, 0.2) is 0 Å². The SMILES string of the molecule is CCC(C)N1CC2(CCN(CN3CCN(c4ccccc4)CC3)CC2)C1. The Morgan fingerprint density at radius 3 is 2.12 bits per heavy atom. The van der Waals surface area contributed by atoms with Gasteiger partial charge in [0.05, 0.1) is 6.67 Å². The van der Waals surface area contributed by atoms with Crippen molar-refractivity contribution in [2.24, 2.45) is 5.41 Å². The van der Waals surface area contributed by atoms with Crippen LogP contribution in [0.25, 0.3) is 0 Å². The number of para-hydroxylation sites is 1. The summed E-state index contributed by atoms with van der Waals surface area (Å²) in [6, 6.07) is 11.6. The lowest BCUT2D eigenvalue weighted by Gasteiger charge is -2.56. The molecule has 0 saturated carbocycles. The van der Waals surface area contributed by atoms with Gasteiger partial charge in [0.1, 0.15) is 0 Å². The van der Waals surface area contributed by atoms with Crippen LogP contribution in [0, 0.1) is 5.41 Å². The van der Waals surface area contributed by atoms with E-state index < -0.39 is 0 Å². The minimum absolute atomic E-state index is 0.659. The lowest BCUT2D eigenvalue weighted by molar-refractivity contribution is -0.0725. The molecule has 1 unspecified atom stereocenters. The van der Waals surface area contributed by atoms with Gasteiger partial charge in [-0.3, -0.25) is 14.7 Å². The first-order valence-electron chi connectivity index (χ1n) is 10.7. The van der Waals surface area contributed by atoms with Crippen LogP contribution in [0.1, 0.15) is 33.1 Å². The first-order chi connectivity index (χ1) is 12.7. The average molecular weight is 357 g/mol. The van der Waals surface area contributed by atoms with Crippen LogP contribution in [0.3, 0.4) is 0 Å². The van der Waals surface area contributed by atoms with E-state index in [2.05, 4.69) is 63.8 Å². The van der Waals surface area contributed by atoms with Crippen LogP contribution in [0.15, 0.2) is 30.3 Å². The predicted octanol–water partition coefficient (Wildman–Crippen LogP) is 2.96. The van der Waals surface area contributed by atoms with Gasteiger partial charge in [-0.2, -0.15) is 0 Å². The molecular formula is C22H36N4. The summed E-state index contributed by atoms with van der Waals surface area (Å²) in [5.74, 6) is 0. The van der Waals surface area contributed by atoms with Gasteiger partial charge in [-0.1, -0.05) is 25.1 Å². The third-order valence-corrected chi connectivity index (χ3v) is 7.10. The Morgan fingerprint density at radius 1 is 0.885 bits per heavy atom. The van der Waals surface area contributed by atoms with Crippen molar-refractivity contribution >= 4 is 5.69 Å². The molecule has 144 valence electrons. The van der Waals surface area contributed by atoms with E-state index in [1.54, 1.807) is 0 Å². The zero-order valence-electron chi connectivity index (χ0n) is 16.7. The molecule has 1 aromatic rings. The standard InChI is InChI=1S/C22H36N4/c1-3-20(2)26-17-22(18-26)9-11-23(12-10-22)19-24-13-15-25(16-14-24)21-7-5-4-6-8-21/h4-8,20H,3,9-19H2,1-2H3. The van der Waals surface area contributed by atoms with Crippen molar-refractivity contribution in [3.8, 4) is 0 Å². The highest BCUT2D eigenvalue weighted by atomic mass is 15.4. The van der Waals surface area contributed by atoms with Crippen LogP contribution in [-0.4, -0.2) is 79.8 Å². The summed E-state index contributed by atoms with van der Waals surface area (Å²) in [6.45, 7) is 15.9. The number of anilines is 1. The van der Waals surface area contributed by atoms with Crippen molar-refractivity contribution in [1.29, 1.82) is 0 Å². The Hall–Kier alpha value is -1.10. The molecule has 1 aromatic carbocycles. The van der Waals surface area contributed by atoms with Crippen molar-refractivity contribution < 1.29 is 0 Å². The third-order valence-electron chi connectivity index (χ3n) is 7.10. The molecule has 4 rings (SSSR count). The van der Waals surface area contributed by atoms with Crippen LogP contribution in [0.4, 0.5) is 5.69 Å². The Bertz CT molecular complexity index is 551. The van der Waals surface area contributed by atoms with E-state index in [-0.39, 0.29) is 0 Å². The number of piperazine rings is 1. The second-order valence-corrected chi connectivity index (χ2v) is 8.86. The quantitative estimate of drug-likeness (QED) is 0.804. The van der Waals surface area contributed by atoms with Crippen LogP contribution in [0.2, 0.25) is 0 Å². The lowest BCUT2D eigenvalue weighted by atomic mass is 9.71. The molecule has 3 aliphatic rings. The number of piperidine rings is 1. The molecule has 4 heteroatoms. The summed E-state index contributed by atoms with van der Waals surface area (Å²) in [5.41, 5.74) is 2.04. The van der Waals surface area contributed by atoms with E-state index in [1.807, 2.05) is 0 Å². The van der Waals surface area contributed by atoms with Gasteiger partial charge >= 0.3 is 0 Å². The number of rotatable bonds is 5. The molecule has 1 atom stereocenters. The molecule has 0 bridgehead atoms. The molecule has 3 saturated heterocycles. The summed E-state index contributed by atoms with van der Waals surface area (Å²) >= 11 is 0. The molecule has 26 heavy (non-hydrogen) atoms. The number of likely N-dealkylation sites (tertiary alicyclic amines) is 2. The maximum absolute atomic E-state index is 2.70. The van der Waals surface area contributed by atoms with E-state index >= 15 is 0 Å². The summed E-state index contributed by atoms with van der Waals surface area (Å²) in [6.07, 6.45) is 4.10. The number of nitrogens with zero attached hydrogens (tertiary/aromatic N) is 4. The van der Waals surface area contributed by atoms with Gasteiger partial charge in [0.2, 0.25) is 0 Å². The average Bonchev–Trinajstić information content (AvgIpc) is 2.68. The number of benzene rings is 1. The first-order valence-corrected chi connectivity index (χ1v) is 10.7. The van der Waals surface area contributed by atoms with E-state index in [0.717, 1.165) is 19.1 Å². The fraction of sp³-hybridized carbons (Fsp3) is 0.727. The monoisotopic (exact) mass is 356 g/mol. The lowest BCUT2D eigenvalue weighted by Crippen LogP contribution is -2.63. The molecule has 1 spiro atoms. The summed E-state index contributed by atoms with van der Waals surface area (Å²) in [5, 5.41) is 0. The van der Waals surface area contributed by atoms with Gasteiger partial charge in [-0.05, 0) is 56.8 Å². The summed E-state index contributed by atoms with van der Waals surface area (Å²) < 4.78 is 0. The third kappa shape index (κ3) is 3.92. The zero-order chi connectivity index (χ0) is 18.0. The van der Waals surface area contributed by atoms with E-state index in [0.29, 0.717) is 5.41 Å². The maximum Gasteiger partial charge on any atom is 0.0507 e. The number of hydrogen-bond acceptors (Lipinski definition) is 4. The van der Waals surface area contributed by atoms with E-state index in [9.17, 15) is 0 Å². The Kier molecular flexibility index (Phi) is 5.53. The molecule has 0 N–H and O–H groups in total. The van der Waals surface area contributed by atoms with Gasteiger partial charge in [-0.15, -0.1) is 0 Å². The smallest absolute Gasteiger partial charge is 0.0507 e. The molecular weight excluding hydrogens is 320 g/mol. The molecule has 0 amide bonds. The minimum atomic E-state index is 0.659. The summed E-state index contributed by atoms with van der Waals surface area (Å²) in [7, 11) is 0. The van der Waals surface area contributed by atoms with Crippen LogP contribution in [-0.2, 0) is 0 Å². The van der Waals surface area contributed by atoms with Crippen molar-refractivity contribution in [3.05, 3.63) is 30.3 Å². The Labute approximate surface area is 159 Å². The molecule has 3 fully saturated rings. The van der Waals surface area contributed by atoms with Crippen LogP contribution >= 0.6 is 0 Å². The van der Waals surface area contributed by atoms with Gasteiger partial charge in [-0.25, -0.2) is 0 Å². The minimum Gasteiger partial charge on any atom is -0.369 e. The van der Waals surface area contributed by atoms with Crippen molar-refractivity contribution in [2.45, 2.75) is 39.2 Å². The molecule has 4 nitrogen and oxygen atoms in total. The van der Waals surface area contributed by atoms with Crippen molar-refractivity contribution in [2.75, 3.05) is 63.9 Å². The Balaban J connectivity index is 1.18.